The quantitative estimate of drug-likeness (QED) is 0.642. The van der Waals surface area contributed by atoms with Gasteiger partial charge in [0, 0.05) is 13.0 Å². The molecule has 1 aliphatic rings. The van der Waals surface area contributed by atoms with E-state index in [9.17, 15) is 13.2 Å². The molecule has 7 heteroatoms. The second-order valence-corrected chi connectivity index (χ2v) is 4.97. The van der Waals surface area contributed by atoms with E-state index < -0.39 is 10.1 Å². The lowest BCUT2D eigenvalue weighted by Crippen LogP contribution is -2.21. The van der Waals surface area contributed by atoms with Crippen molar-refractivity contribution >= 4 is 10.1 Å². The van der Waals surface area contributed by atoms with E-state index in [-0.39, 0.29) is 11.4 Å². The van der Waals surface area contributed by atoms with Crippen LogP contribution in [0.3, 0.4) is 0 Å². The number of hydrogen-bond donors (Lipinski definition) is 0. The largest absolute Gasteiger partial charge is 0.362 e. The first-order valence-corrected chi connectivity index (χ1v) is 6.27. The molecule has 0 fully saturated rings. The molecule has 1 aliphatic heterocycles. The molecule has 0 unspecified atom stereocenters. The van der Waals surface area contributed by atoms with Crippen molar-refractivity contribution in [3.63, 3.8) is 0 Å². The molecular formula is C8H10N2O4S. The molecule has 1 aromatic rings. The van der Waals surface area contributed by atoms with Gasteiger partial charge >= 0.3 is 10.1 Å². The topological polar surface area (TPSA) is 78.3 Å². The summed E-state index contributed by atoms with van der Waals surface area (Å²) in [7, 11) is -3.62. The smallest absolute Gasteiger partial charge is 0.307 e. The fourth-order valence-corrected chi connectivity index (χ4v) is 1.95. The zero-order valence-electron chi connectivity index (χ0n) is 8.13. The van der Waals surface area contributed by atoms with Gasteiger partial charge in [0.2, 0.25) is 5.88 Å². The molecule has 0 saturated carbocycles. The van der Waals surface area contributed by atoms with E-state index in [4.69, 9.17) is 0 Å². The van der Waals surface area contributed by atoms with E-state index in [1.54, 1.807) is 0 Å². The highest BCUT2D eigenvalue weighted by Gasteiger charge is 2.16. The summed E-state index contributed by atoms with van der Waals surface area (Å²) >= 11 is 0. The Bertz CT molecular complexity index is 546. The summed E-state index contributed by atoms with van der Waals surface area (Å²) in [5, 5.41) is 0. The predicted octanol–water partition coefficient (Wildman–Crippen LogP) is -0.472. The van der Waals surface area contributed by atoms with E-state index in [1.807, 2.05) is 0 Å². The third-order valence-electron chi connectivity index (χ3n) is 2.08. The Hall–Kier alpha value is -1.37. The zero-order valence-corrected chi connectivity index (χ0v) is 8.95. The maximum atomic E-state index is 11.5. The molecule has 0 saturated heterocycles. The van der Waals surface area contributed by atoms with Crippen molar-refractivity contribution in [1.29, 1.82) is 0 Å². The molecule has 0 aromatic carbocycles. The van der Waals surface area contributed by atoms with Crippen LogP contribution in [0.1, 0.15) is 12.2 Å². The Morgan fingerprint density at radius 2 is 2.27 bits per heavy atom. The average molecular weight is 230 g/mol. The fourth-order valence-electron chi connectivity index (χ4n) is 1.55. The summed E-state index contributed by atoms with van der Waals surface area (Å²) < 4.78 is 27.8. The summed E-state index contributed by atoms with van der Waals surface area (Å²) in [6.45, 7) is 0.639. The molecule has 0 N–H and O–H groups in total. The van der Waals surface area contributed by atoms with Crippen LogP contribution in [-0.4, -0.2) is 24.2 Å². The van der Waals surface area contributed by atoms with E-state index in [0.717, 1.165) is 18.7 Å². The molecule has 2 heterocycles. The zero-order chi connectivity index (χ0) is 11.1. The Labute approximate surface area is 86.6 Å². The van der Waals surface area contributed by atoms with Crippen LogP contribution in [0.4, 0.5) is 0 Å². The van der Waals surface area contributed by atoms with E-state index in [0.29, 0.717) is 18.8 Å². The van der Waals surface area contributed by atoms with Crippen molar-refractivity contribution in [1.82, 2.24) is 9.55 Å². The first kappa shape index (κ1) is 10.2. The van der Waals surface area contributed by atoms with Gasteiger partial charge in [0.15, 0.2) is 0 Å². The van der Waals surface area contributed by atoms with Crippen LogP contribution in [0.5, 0.6) is 5.88 Å². The molecule has 1 aromatic heterocycles. The van der Waals surface area contributed by atoms with Crippen molar-refractivity contribution in [2.75, 3.05) is 6.26 Å². The Kier molecular flexibility index (Phi) is 2.26. The molecule has 15 heavy (non-hydrogen) atoms. The van der Waals surface area contributed by atoms with Gasteiger partial charge in [-0.2, -0.15) is 13.4 Å². The van der Waals surface area contributed by atoms with Crippen LogP contribution in [-0.2, 0) is 23.1 Å². The van der Waals surface area contributed by atoms with Gasteiger partial charge in [-0.05, 0) is 6.42 Å². The number of fused-ring (bicyclic) bond motifs is 1. The number of hydrogen-bond acceptors (Lipinski definition) is 5. The minimum atomic E-state index is -3.62. The highest BCUT2D eigenvalue weighted by molar-refractivity contribution is 7.86. The second kappa shape index (κ2) is 3.34. The van der Waals surface area contributed by atoms with Gasteiger partial charge in [-0.1, -0.05) is 0 Å². The van der Waals surface area contributed by atoms with E-state index in [2.05, 4.69) is 9.17 Å². The van der Waals surface area contributed by atoms with Gasteiger partial charge in [0.25, 0.3) is 5.56 Å². The Morgan fingerprint density at radius 1 is 1.53 bits per heavy atom. The molecule has 0 atom stereocenters. The lowest BCUT2D eigenvalue weighted by Gasteiger charge is -2.04. The number of aromatic nitrogens is 2. The van der Waals surface area contributed by atoms with Crippen molar-refractivity contribution < 1.29 is 12.6 Å². The molecule has 6 nitrogen and oxygen atoms in total. The average Bonchev–Trinajstić information content (AvgIpc) is 2.48. The van der Waals surface area contributed by atoms with Gasteiger partial charge in [0.1, 0.15) is 5.82 Å². The van der Waals surface area contributed by atoms with E-state index >= 15 is 0 Å². The summed E-state index contributed by atoms with van der Waals surface area (Å²) in [5.41, 5.74) is -0.267. The van der Waals surface area contributed by atoms with Crippen LogP contribution in [0.2, 0.25) is 0 Å². The normalized spacial score (nSPS) is 15.0. The first-order chi connectivity index (χ1) is 6.96. The Morgan fingerprint density at radius 3 is 2.93 bits per heavy atom. The molecule has 0 amide bonds. The molecule has 0 aliphatic carbocycles. The summed E-state index contributed by atoms with van der Waals surface area (Å²) in [5.74, 6) is 0.441. The predicted molar refractivity (Wildman–Crippen MR) is 52.3 cm³/mol. The monoisotopic (exact) mass is 230 g/mol. The van der Waals surface area contributed by atoms with E-state index in [1.165, 1.54) is 4.57 Å². The molecule has 0 radical (unpaired) electrons. The van der Waals surface area contributed by atoms with Gasteiger partial charge in [0.05, 0.1) is 12.3 Å². The van der Waals surface area contributed by atoms with Crippen molar-refractivity contribution in [2.45, 2.75) is 19.4 Å². The lowest BCUT2D eigenvalue weighted by atomic mass is 10.4. The molecule has 0 bridgehead atoms. The molecule has 0 spiro atoms. The Balaban J connectivity index is 2.45. The number of nitrogens with zero attached hydrogens (tertiary/aromatic N) is 2. The fraction of sp³-hybridized carbons (Fsp3) is 0.500. The second-order valence-electron chi connectivity index (χ2n) is 3.39. The molecule has 2 rings (SSSR count). The summed E-state index contributed by atoms with van der Waals surface area (Å²) in [6, 6.07) is 1.09. The first-order valence-electron chi connectivity index (χ1n) is 4.46. The maximum Gasteiger partial charge on any atom is 0.307 e. The molecule has 82 valence electrons. The van der Waals surface area contributed by atoms with Crippen LogP contribution in [0.15, 0.2) is 10.9 Å². The van der Waals surface area contributed by atoms with Crippen LogP contribution >= 0.6 is 0 Å². The summed E-state index contributed by atoms with van der Waals surface area (Å²) in [6.07, 6.45) is 2.44. The minimum Gasteiger partial charge on any atom is -0.362 e. The van der Waals surface area contributed by atoms with Crippen LogP contribution in [0.25, 0.3) is 0 Å². The number of rotatable bonds is 2. The van der Waals surface area contributed by atoms with Crippen molar-refractivity contribution in [2.24, 2.45) is 0 Å². The van der Waals surface area contributed by atoms with Gasteiger partial charge in [-0.15, -0.1) is 0 Å². The van der Waals surface area contributed by atoms with Crippen molar-refractivity contribution in [3.05, 3.63) is 22.2 Å². The lowest BCUT2D eigenvalue weighted by molar-refractivity contribution is 0.478. The highest BCUT2D eigenvalue weighted by Crippen LogP contribution is 2.13. The van der Waals surface area contributed by atoms with Crippen LogP contribution in [0, 0.1) is 0 Å². The minimum absolute atomic E-state index is 0.143. The standard InChI is InChI=1S/C8H10N2O4S/c1-15(12,13)14-7-5-8(11)10-4-2-3-6(10)9-7/h5H,2-4H2,1H3. The molecular weight excluding hydrogens is 220 g/mol. The third-order valence-corrected chi connectivity index (χ3v) is 2.56. The van der Waals surface area contributed by atoms with Gasteiger partial charge in [-0.3, -0.25) is 9.36 Å². The van der Waals surface area contributed by atoms with Gasteiger partial charge < -0.3 is 4.18 Å². The van der Waals surface area contributed by atoms with Gasteiger partial charge in [-0.25, -0.2) is 0 Å². The van der Waals surface area contributed by atoms with Crippen molar-refractivity contribution in [3.8, 4) is 5.88 Å². The SMILES string of the molecule is CS(=O)(=O)Oc1cc(=O)n2c(n1)CCC2. The van der Waals surface area contributed by atoms with Crippen LogP contribution < -0.4 is 9.74 Å². The maximum absolute atomic E-state index is 11.5. The third kappa shape index (κ3) is 2.17. The highest BCUT2D eigenvalue weighted by atomic mass is 32.2. The summed E-state index contributed by atoms with van der Waals surface area (Å²) in [4.78, 5) is 15.4. The number of aryl methyl sites for hydroxylation is 1.